The van der Waals surface area contributed by atoms with Gasteiger partial charge in [-0.25, -0.2) is 4.39 Å². The Morgan fingerprint density at radius 1 is 1.29 bits per heavy atom. The van der Waals surface area contributed by atoms with Crippen LogP contribution in [-0.2, 0) is 6.18 Å². The number of alkyl halides is 3. The summed E-state index contributed by atoms with van der Waals surface area (Å²) in [6.45, 7) is 0. The highest BCUT2D eigenvalue weighted by atomic mass is 79.9. The van der Waals surface area contributed by atoms with Crippen LogP contribution in [0.1, 0.15) is 5.56 Å². The Hall–Kier alpha value is -0.820. The van der Waals surface area contributed by atoms with Gasteiger partial charge in [0.15, 0.2) is 5.82 Å². The van der Waals surface area contributed by atoms with Gasteiger partial charge >= 0.3 is 6.18 Å². The van der Waals surface area contributed by atoms with Crippen LogP contribution in [0.15, 0.2) is 16.6 Å². The number of halogens is 5. The fraction of sp³-hybridized carbons (Fsp3) is 0.143. The van der Waals surface area contributed by atoms with Gasteiger partial charge in [-0.05, 0) is 12.1 Å². The molecule has 0 aromatic heterocycles. The summed E-state index contributed by atoms with van der Waals surface area (Å²) in [5.41, 5.74) is 0.0692. The third-order valence-corrected chi connectivity index (χ3v) is 2.19. The zero-order valence-corrected chi connectivity index (χ0v) is 8.21. The minimum absolute atomic E-state index is 0.360. The molecule has 2 nitrogen and oxygen atoms in total. The maximum absolute atomic E-state index is 13.1. The predicted molar refractivity (Wildman–Crippen MR) is 46.9 cm³/mol. The summed E-state index contributed by atoms with van der Waals surface area (Å²) in [5, 5.41) is 0. The molecule has 1 rings (SSSR count). The van der Waals surface area contributed by atoms with Crippen LogP contribution in [-0.4, -0.2) is 0 Å². The van der Waals surface area contributed by atoms with E-state index in [9.17, 15) is 17.6 Å². The van der Waals surface area contributed by atoms with E-state index in [-0.39, 0.29) is 4.47 Å². The van der Waals surface area contributed by atoms with Gasteiger partial charge < -0.3 is 5.43 Å². The van der Waals surface area contributed by atoms with Crippen molar-refractivity contribution in [2.45, 2.75) is 6.18 Å². The number of hydrogen-bond donors (Lipinski definition) is 2. The lowest BCUT2D eigenvalue weighted by Gasteiger charge is -2.12. The zero-order chi connectivity index (χ0) is 10.9. The molecule has 14 heavy (non-hydrogen) atoms. The Morgan fingerprint density at radius 2 is 1.86 bits per heavy atom. The Labute approximate surface area is 85.2 Å². The summed E-state index contributed by atoms with van der Waals surface area (Å²) < 4.78 is 49.6. The molecule has 0 saturated heterocycles. The standard InChI is InChI=1S/C7H5BrF4N2/c8-3-1-2-4(14-13)6(9)5(3)7(10,11)12/h1-2,14H,13H2. The summed E-state index contributed by atoms with van der Waals surface area (Å²) in [6.07, 6.45) is -4.75. The van der Waals surface area contributed by atoms with Crippen molar-refractivity contribution in [1.29, 1.82) is 0 Å². The van der Waals surface area contributed by atoms with Gasteiger partial charge in [-0.15, -0.1) is 0 Å². The van der Waals surface area contributed by atoms with Gasteiger partial charge in [0, 0.05) is 4.47 Å². The van der Waals surface area contributed by atoms with E-state index in [1.54, 1.807) is 0 Å². The fourth-order valence-electron chi connectivity index (χ4n) is 0.924. The van der Waals surface area contributed by atoms with Crippen molar-refractivity contribution in [2.24, 2.45) is 5.84 Å². The Balaban J connectivity index is 3.40. The van der Waals surface area contributed by atoms with Crippen LogP contribution >= 0.6 is 15.9 Å². The van der Waals surface area contributed by atoms with E-state index in [1.165, 1.54) is 0 Å². The molecule has 0 unspecified atom stereocenters. The molecule has 1 aromatic rings. The second-order valence-corrected chi connectivity index (χ2v) is 3.28. The SMILES string of the molecule is NNc1ccc(Br)c(C(F)(F)F)c1F. The van der Waals surface area contributed by atoms with Gasteiger partial charge in [-0.1, -0.05) is 15.9 Å². The van der Waals surface area contributed by atoms with Gasteiger partial charge in [0.25, 0.3) is 0 Å². The molecule has 0 atom stereocenters. The van der Waals surface area contributed by atoms with E-state index in [0.717, 1.165) is 12.1 Å². The molecule has 1 aromatic carbocycles. The second kappa shape index (κ2) is 3.74. The van der Waals surface area contributed by atoms with Gasteiger partial charge in [-0.2, -0.15) is 13.2 Å². The van der Waals surface area contributed by atoms with Crippen LogP contribution < -0.4 is 11.3 Å². The smallest absolute Gasteiger partial charge is 0.321 e. The molecular formula is C7H5BrF4N2. The number of hydrazine groups is 1. The Bertz CT molecular complexity index is 350. The highest BCUT2D eigenvalue weighted by Gasteiger charge is 2.37. The number of anilines is 1. The molecule has 0 fully saturated rings. The molecule has 0 aliphatic rings. The zero-order valence-electron chi connectivity index (χ0n) is 6.62. The van der Waals surface area contributed by atoms with Gasteiger partial charge in [0.05, 0.1) is 5.69 Å². The van der Waals surface area contributed by atoms with Crippen molar-refractivity contribution >= 4 is 21.6 Å². The average molecular weight is 273 g/mol. The molecule has 0 saturated carbocycles. The van der Waals surface area contributed by atoms with E-state index >= 15 is 0 Å². The van der Waals surface area contributed by atoms with Crippen molar-refractivity contribution in [2.75, 3.05) is 5.43 Å². The van der Waals surface area contributed by atoms with Crippen LogP contribution in [0.3, 0.4) is 0 Å². The fourth-order valence-corrected chi connectivity index (χ4v) is 1.45. The van der Waals surface area contributed by atoms with E-state index in [2.05, 4.69) is 15.9 Å². The largest absolute Gasteiger partial charge is 0.420 e. The van der Waals surface area contributed by atoms with Gasteiger partial charge in [0.1, 0.15) is 5.56 Å². The molecule has 0 aliphatic heterocycles. The van der Waals surface area contributed by atoms with E-state index in [0.29, 0.717) is 0 Å². The van der Waals surface area contributed by atoms with Crippen LogP contribution in [0.4, 0.5) is 23.2 Å². The molecule has 0 bridgehead atoms. The maximum Gasteiger partial charge on any atom is 0.420 e. The third kappa shape index (κ3) is 1.98. The van der Waals surface area contributed by atoms with Crippen molar-refractivity contribution in [3.05, 3.63) is 28.0 Å². The minimum atomic E-state index is -4.75. The molecule has 3 N–H and O–H groups in total. The first-order valence-corrected chi connectivity index (χ1v) is 4.19. The molecule has 7 heteroatoms. The lowest BCUT2D eigenvalue weighted by atomic mass is 10.2. The molecule has 78 valence electrons. The molecule has 0 aliphatic carbocycles. The molecule has 0 amide bonds. The van der Waals surface area contributed by atoms with Gasteiger partial charge in [0.2, 0.25) is 0 Å². The predicted octanol–water partition coefficient (Wildman–Crippen LogP) is 2.89. The summed E-state index contributed by atoms with van der Waals surface area (Å²) >= 11 is 2.62. The molecular weight excluding hydrogens is 268 g/mol. The Morgan fingerprint density at radius 3 is 2.29 bits per heavy atom. The first kappa shape index (κ1) is 11.3. The first-order chi connectivity index (χ1) is 6.38. The summed E-state index contributed by atoms with van der Waals surface area (Å²) in [7, 11) is 0. The quantitative estimate of drug-likeness (QED) is 0.469. The second-order valence-electron chi connectivity index (χ2n) is 2.43. The minimum Gasteiger partial charge on any atom is -0.321 e. The first-order valence-electron chi connectivity index (χ1n) is 3.39. The lowest BCUT2D eigenvalue weighted by Crippen LogP contribution is -2.14. The van der Waals surface area contributed by atoms with Crippen molar-refractivity contribution in [3.63, 3.8) is 0 Å². The lowest BCUT2D eigenvalue weighted by molar-refractivity contribution is -0.140. The van der Waals surface area contributed by atoms with Crippen LogP contribution in [0.25, 0.3) is 0 Å². The number of hydrogen-bond acceptors (Lipinski definition) is 2. The van der Waals surface area contributed by atoms with E-state index < -0.39 is 23.2 Å². The molecule has 0 radical (unpaired) electrons. The van der Waals surface area contributed by atoms with Crippen LogP contribution in [0.2, 0.25) is 0 Å². The summed E-state index contributed by atoms with van der Waals surface area (Å²) in [5.74, 6) is 3.42. The number of nitrogens with one attached hydrogen (secondary N) is 1. The average Bonchev–Trinajstić information content (AvgIpc) is 2.02. The van der Waals surface area contributed by atoms with Crippen LogP contribution in [0, 0.1) is 5.82 Å². The number of benzene rings is 1. The maximum atomic E-state index is 13.1. The van der Waals surface area contributed by atoms with Crippen molar-refractivity contribution in [3.8, 4) is 0 Å². The van der Waals surface area contributed by atoms with Crippen LogP contribution in [0.5, 0.6) is 0 Å². The normalized spacial score (nSPS) is 11.6. The number of nitrogens with two attached hydrogens (primary N) is 1. The number of nitrogen functional groups attached to an aromatic ring is 1. The number of rotatable bonds is 1. The van der Waals surface area contributed by atoms with E-state index in [4.69, 9.17) is 5.84 Å². The summed E-state index contributed by atoms with van der Waals surface area (Å²) in [6, 6.07) is 2.18. The third-order valence-electron chi connectivity index (χ3n) is 1.53. The van der Waals surface area contributed by atoms with Crippen molar-refractivity contribution < 1.29 is 17.6 Å². The molecule has 0 heterocycles. The summed E-state index contributed by atoms with van der Waals surface area (Å²) in [4.78, 5) is 0. The Kier molecular flexibility index (Phi) is 3.01. The van der Waals surface area contributed by atoms with Gasteiger partial charge in [-0.3, -0.25) is 5.84 Å². The van der Waals surface area contributed by atoms with Crippen molar-refractivity contribution in [1.82, 2.24) is 0 Å². The highest BCUT2D eigenvalue weighted by Crippen LogP contribution is 2.38. The van der Waals surface area contributed by atoms with E-state index in [1.807, 2.05) is 5.43 Å². The monoisotopic (exact) mass is 272 g/mol. The molecule has 0 spiro atoms. The highest BCUT2D eigenvalue weighted by molar-refractivity contribution is 9.10. The topological polar surface area (TPSA) is 38.0 Å².